The van der Waals surface area contributed by atoms with Crippen molar-refractivity contribution in [1.29, 1.82) is 0 Å². The predicted molar refractivity (Wildman–Crippen MR) is 172 cm³/mol. The molecule has 1 aliphatic rings. The zero-order chi connectivity index (χ0) is 29.7. The number of carbonyl (C=O) groups is 1. The highest BCUT2D eigenvalue weighted by Crippen LogP contribution is 2.44. The maximum atomic E-state index is 13.0. The van der Waals surface area contributed by atoms with E-state index < -0.39 is 20.5 Å². The van der Waals surface area contributed by atoms with Crippen LogP contribution in [0.2, 0.25) is 5.04 Å². The first kappa shape index (κ1) is 29.8. The SMILES string of the molecule is C[C@H](CO[Si](c1ccccc1)(c1ccccc1)C(C)(C)C)[C@H](CO)NC(=O)OCC1c2ccccc2-c2ccccc21. The standard InChI is InChI=1S/C36H41NO4Si/c1-26(24-41-42(36(2,3)4,27-15-7-5-8-16-27)28-17-9-6-10-18-28)34(23-38)37-35(39)40-25-33-31-21-13-11-19-29(31)30-20-12-14-22-32(30)33/h5-22,26,33-34,38H,23-25H2,1-4H3,(H,37,39)/t26-,34+/m1/s1. The maximum Gasteiger partial charge on any atom is 0.407 e. The summed E-state index contributed by atoms with van der Waals surface area (Å²) < 4.78 is 12.8. The van der Waals surface area contributed by atoms with Gasteiger partial charge in [0.25, 0.3) is 8.32 Å². The number of ether oxygens (including phenoxy) is 1. The van der Waals surface area contributed by atoms with Crippen molar-refractivity contribution in [2.45, 2.75) is 44.7 Å². The van der Waals surface area contributed by atoms with Gasteiger partial charge in [-0.05, 0) is 37.7 Å². The van der Waals surface area contributed by atoms with Gasteiger partial charge in [0.1, 0.15) is 6.61 Å². The van der Waals surface area contributed by atoms with Gasteiger partial charge in [-0.1, -0.05) is 137 Å². The zero-order valence-electron chi connectivity index (χ0n) is 24.9. The first-order valence-corrected chi connectivity index (χ1v) is 16.6. The molecule has 0 aromatic heterocycles. The van der Waals surface area contributed by atoms with Crippen molar-refractivity contribution >= 4 is 24.8 Å². The Morgan fingerprint density at radius 3 is 1.76 bits per heavy atom. The maximum absolute atomic E-state index is 13.0. The molecule has 0 fully saturated rings. The van der Waals surface area contributed by atoms with Crippen molar-refractivity contribution in [1.82, 2.24) is 5.32 Å². The van der Waals surface area contributed by atoms with E-state index in [4.69, 9.17) is 9.16 Å². The second kappa shape index (κ2) is 12.7. The molecule has 0 bridgehead atoms. The molecule has 1 aliphatic carbocycles. The highest BCUT2D eigenvalue weighted by Gasteiger charge is 2.50. The lowest BCUT2D eigenvalue weighted by Gasteiger charge is -2.44. The Morgan fingerprint density at radius 2 is 1.29 bits per heavy atom. The number of amides is 1. The number of alkyl carbamates (subject to hydrolysis) is 1. The Bertz CT molecular complexity index is 1400. The molecule has 0 heterocycles. The van der Waals surface area contributed by atoms with Crippen LogP contribution in [0.5, 0.6) is 0 Å². The van der Waals surface area contributed by atoms with Crippen LogP contribution in [-0.4, -0.2) is 45.4 Å². The van der Waals surface area contributed by atoms with E-state index in [2.05, 4.69) is 98.9 Å². The molecule has 0 saturated carbocycles. The smallest absolute Gasteiger partial charge is 0.407 e. The summed E-state index contributed by atoms with van der Waals surface area (Å²) in [5, 5.41) is 15.4. The fraction of sp³-hybridized carbons (Fsp3) is 0.306. The summed E-state index contributed by atoms with van der Waals surface area (Å²) in [5.74, 6) is -0.177. The highest BCUT2D eigenvalue weighted by atomic mass is 28.4. The summed E-state index contributed by atoms with van der Waals surface area (Å²) >= 11 is 0. The van der Waals surface area contributed by atoms with Crippen LogP contribution in [0.3, 0.4) is 0 Å². The third-order valence-electron chi connectivity index (χ3n) is 8.51. The number of aliphatic hydroxyl groups is 1. The molecule has 42 heavy (non-hydrogen) atoms. The van der Waals surface area contributed by atoms with Crippen LogP contribution >= 0.6 is 0 Å². The van der Waals surface area contributed by atoms with E-state index in [0.717, 1.165) is 11.1 Å². The molecule has 2 atom stereocenters. The number of nitrogens with one attached hydrogen (secondary N) is 1. The molecule has 1 amide bonds. The zero-order valence-corrected chi connectivity index (χ0v) is 25.9. The third-order valence-corrected chi connectivity index (χ3v) is 13.5. The van der Waals surface area contributed by atoms with Gasteiger partial charge < -0.3 is 19.6 Å². The number of rotatable bonds is 10. The van der Waals surface area contributed by atoms with E-state index in [0.29, 0.717) is 6.61 Å². The molecular formula is C36H41NO4Si. The minimum Gasteiger partial charge on any atom is -0.449 e. The summed E-state index contributed by atoms with van der Waals surface area (Å²) in [4.78, 5) is 13.0. The van der Waals surface area contributed by atoms with Gasteiger partial charge in [0.05, 0.1) is 12.6 Å². The summed E-state index contributed by atoms with van der Waals surface area (Å²) in [6.45, 7) is 9.11. The van der Waals surface area contributed by atoms with E-state index in [1.54, 1.807) is 0 Å². The molecule has 0 radical (unpaired) electrons. The molecule has 0 aliphatic heterocycles. The van der Waals surface area contributed by atoms with Crippen molar-refractivity contribution in [2.75, 3.05) is 19.8 Å². The van der Waals surface area contributed by atoms with Crippen LogP contribution in [0.4, 0.5) is 4.79 Å². The Labute approximate surface area is 250 Å². The number of hydrogen-bond donors (Lipinski definition) is 2. The number of fused-ring (bicyclic) bond motifs is 3. The van der Waals surface area contributed by atoms with Crippen LogP contribution in [0.1, 0.15) is 44.7 Å². The van der Waals surface area contributed by atoms with Gasteiger partial charge in [-0.25, -0.2) is 4.79 Å². The monoisotopic (exact) mass is 579 g/mol. The Hall–Kier alpha value is -3.71. The number of carbonyl (C=O) groups excluding carboxylic acids is 1. The van der Waals surface area contributed by atoms with Crippen molar-refractivity contribution in [3.05, 3.63) is 120 Å². The normalized spacial score (nSPS) is 14.5. The van der Waals surface area contributed by atoms with Crippen molar-refractivity contribution in [3.8, 4) is 11.1 Å². The van der Waals surface area contributed by atoms with Crippen LogP contribution < -0.4 is 15.7 Å². The van der Waals surface area contributed by atoms with E-state index in [-0.39, 0.29) is 30.1 Å². The lowest BCUT2D eigenvalue weighted by Crippen LogP contribution is -2.67. The van der Waals surface area contributed by atoms with E-state index in [1.807, 2.05) is 43.3 Å². The van der Waals surface area contributed by atoms with Gasteiger partial charge >= 0.3 is 6.09 Å². The Morgan fingerprint density at radius 1 is 0.810 bits per heavy atom. The molecule has 0 saturated heterocycles. The topological polar surface area (TPSA) is 67.8 Å². The van der Waals surface area contributed by atoms with E-state index >= 15 is 0 Å². The number of aliphatic hydroxyl groups excluding tert-OH is 1. The molecule has 0 unspecified atom stereocenters. The first-order chi connectivity index (χ1) is 20.3. The summed E-state index contributed by atoms with van der Waals surface area (Å²) in [7, 11) is -2.74. The van der Waals surface area contributed by atoms with Gasteiger partial charge in [-0.3, -0.25) is 0 Å². The lowest BCUT2D eigenvalue weighted by molar-refractivity contribution is 0.115. The second-order valence-corrected chi connectivity index (χ2v) is 16.5. The molecular weight excluding hydrogens is 538 g/mol. The van der Waals surface area contributed by atoms with Crippen LogP contribution in [0.15, 0.2) is 109 Å². The third kappa shape index (κ3) is 5.80. The van der Waals surface area contributed by atoms with Crippen LogP contribution in [0, 0.1) is 5.92 Å². The quantitative estimate of drug-likeness (QED) is 0.223. The lowest BCUT2D eigenvalue weighted by atomic mass is 9.98. The highest BCUT2D eigenvalue weighted by molar-refractivity contribution is 6.99. The average Bonchev–Trinajstić information content (AvgIpc) is 3.33. The van der Waals surface area contributed by atoms with Gasteiger partial charge in [-0.2, -0.15) is 0 Å². The molecule has 218 valence electrons. The van der Waals surface area contributed by atoms with Crippen molar-refractivity contribution < 1.29 is 19.1 Å². The Balaban J connectivity index is 1.28. The summed E-state index contributed by atoms with van der Waals surface area (Å²) in [6.07, 6.45) is -0.534. The van der Waals surface area contributed by atoms with Gasteiger partial charge in [0.15, 0.2) is 0 Å². The van der Waals surface area contributed by atoms with Gasteiger partial charge in [0, 0.05) is 18.4 Å². The summed E-state index contributed by atoms with van der Waals surface area (Å²) in [6, 6.07) is 37.0. The van der Waals surface area contributed by atoms with Crippen LogP contribution in [-0.2, 0) is 9.16 Å². The summed E-state index contributed by atoms with van der Waals surface area (Å²) in [5.41, 5.74) is 4.70. The fourth-order valence-electron chi connectivity index (χ4n) is 6.29. The molecule has 4 aromatic carbocycles. The first-order valence-electron chi connectivity index (χ1n) is 14.7. The largest absolute Gasteiger partial charge is 0.449 e. The van der Waals surface area contributed by atoms with Crippen LogP contribution in [0.25, 0.3) is 11.1 Å². The van der Waals surface area contributed by atoms with Gasteiger partial charge in [0.2, 0.25) is 0 Å². The fourth-order valence-corrected chi connectivity index (χ4v) is 11.0. The molecule has 5 nitrogen and oxygen atoms in total. The number of hydrogen-bond acceptors (Lipinski definition) is 4. The minimum atomic E-state index is -2.74. The van der Waals surface area contributed by atoms with Crippen molar-refractivity contribution in [3.63, 3.8) is 0 Å². The molecule has 0 spiro atoms. The molecule has 4 aromatic rings. The number of benzene rings is 4. The van der Waals surface area contributed by atoms with E-state index in [9.17, 15) is 9.90 Å². The predicted octanol–water partition coefficient (Wildman–Crippen LogP) is 6.10. The second-order valence-electron chi connectivity index (χ2n) is 12.2. The Kier molecular flexibility index (Phi) is 8.97. The van der Waals surface area contributed by atoms with E-state index in [1.165, 1.54) is 21.5 Å². The van der Waals surface area contributed by atoms with Crippen molar-refractivity contribution in [2.24, 2.45) is 5.92 Å². The average molecular weight is 580 g/mol. The molecule has 2 N–H and O–H groups in total. The molecule has 5 rings (SSSR count). The minimum absolute atomic E-state index is 0.0216. The molecule has 6 heteroatoms. The van der Waals surface area contributed by atoms with Gasteiger partial charge in [-0.15, -0.1) is 0 Å².